The quantitative estimate of drug-likeness (QED) is 0.825. The summed E-state index contributed by atoms with van der Waals surface area (Å²) >= 11 is 0. The van der Waals surface area contributed by atoms with Crippen molar-refractivity contribution in [1.82, 2.24) is 14.8 Å². The molecule has 142 valence electrons. The fraction of sp³-hybridized carbons (Fsp3) is 0.727. The minimum absolute atomic E-state index is 0.178. The first kappa shape index (κ1) is 18.0. The maximum absolute atomic E-state index is 13.0. The van der Waals surface area contributed by atoms with Crippen LogP contribution in [-0.2, 0) is 0 Å². The SMILES string of the molecule is Cc1ncccc1C(=O)N1CC[C@]2(CCCN(CC3CCCCC3)C2)C1. The molecule has 1 saturated carbocycles. The van der Waals surface area contributed by atoms with Gasteiger partial charge < -0.3 is 9.80 Å². The predicted octanol–water partition coefficient (Wildman–Crippen LogP) is 3.90. The fourth-order valence-corrected chi connectivity index (χ4v) is 5.52. The van der Waals surface area contributed by atoms with Gasteiger partial charge in [-0.2, -0.15) is 0 Å². The highest BCUT2D eigenvalue weighted by Gasteiger charge is 2.43. The first-order chi connectivity index (χ1) is 12.7. The van der Waals surface area contributed by atoms with Crippen LogP contribution in [0.1, 0.15) is 67.4 Å². The van der Waals surface area contributed by atoms with Gasteiger partial charge in [-0.25, -0.2) is 0 Å². The summed E-state index contributed by atoms with van der Waals surface area (Å²) in [6.45, 7) is 7.52. The van der Waals surface area contributed by atoms with Gasteiger partial charge in [0.15, 0.2) is 0 Å². The van der Waals surface area contributed by atoms with E-state index in [0.29, 0.717) is 5.41 Å². The number of hydrogen-bond acceptors (Lipinski definition) is 3. The van der Waals surface area contributed by atoms with Crippen molar-refractivity contribution in [2.75, 3.05) is 32.7 Å². The maximum Gasteiger partial charge on any atom is 0.255 e. The van der Waals surface area contributed by atoms with Gasteiger partial charge in [0.2, 0.25) is 0 Å². The number of nitrogens with zero attached hydrogens (tertiary/aromatic N) is 3. The molecule has 0 radical (unpaired) electrons. The van der Waals surface area contributed by atoms with E-state index in [4.69, 9.17) is 0 Å². The Bertz CT molecular complexity index is 640. The van der Waals surface area contributed by atoms with Crippen molar-refractivity contribution in [3.05, 3.63) is 29.6 Å². The number of amides is 1. The molecule has 3 aliphatic rings. The standard InChI is InChI=1S/C22H33N3O/c1-18-20(9-5-12-23-18)21(26)25-14-11-22(17-25)10-6-13-24(16-22)15-19-7-3-2-4-8-19/h5,9,12,19H,2-4,6-8,10-11,13-17H2,1H3/t22-/m0/s1. The Morgan fingerprint density at radius 2 is 2.00 bits per heavy atom. The highest BCUT2D eigenvalue weighted by molar-refractivity contribution is 5.95. The Hall–Kier alpha value is -1.42. The number of rotatable bonds is 3. The van der Waals surface area contributed by atoms with Gasteiger partial charge in [0.1, 0.15) is 0 Å². The third-order valence-electron chi connectivity index (χ3n) is 6.94. The Kier molecular flexibility index (Phi) is 5.30. The molecule has 1 amide bonds. The molecule has 0 bridgehead atoms. The van der Waals surface area contributed by atoms with Crippen molar-refractivity contribution >= 4 is 5.91 Å². The fourth-order valence-electron chi connectivity index (χ4n) is 5.52. The highest BCUT2D eigenvalue weighted by atomic mass is 16.2. The molecule has 0 aromatic carbocycles. The zero-order valence-electron chi connectivity index (χ0n) is 16.3. The molecule has 1 aromatic heterocycles. The van der Waals surface area contributed by atoms with Gasteiger partial charge in [0.25, 0.3) is 5.91 Å². The highest BCUT2D eigenvalue weighted by Crippen LogP contribution is 2.40. The topological polar surface area (TPSA) is 36.4 Å². The Morgan fingerprint density at radius 1 is 1.15 bits per heavy atom. The molecule has 1 aromatic rings. The average molecular weight is 356 g/mol. The van der Waals surface area contributed by atoms with Crippen LogP contribution in [0.5, 0.6) is 0 Å². The first-order valence-electron chi connectivity index (χ1n) is 10.6. The van der Waals surface area contributed by atoms with Crippen LogP contribution in [0, 0.1) is 18.3 Å². The van der Waals surface area contributed by atoms with E-state index in [2.05, 4.69) is 14.8 Å². The van der Waals surface area contributed by atoms with Crippen LogP contribution in [0.4, 0.5) is 0 Å². The minimum atomic E-state index is 0.178. The minimum Gasteiger partial charge on any atom is -0.338 e. The zero-order valence-corrected chi connectivity index (χ0v) is 16.3. The normalized spacial score (nSPS) is 28.0. The lowest BCUT2D eigenvalue weighted by atomic mass is 9.78. The third-order valence-corrected chi connectivity index (χ3v) is 6.94. The van der Waals surface area contributed by atoms with E-state index < -0.39 is 0 Å². The van der Waals surface area contributed by atoms with Gasteiger partial charge in [0.05, 0.1) is 5.56 Å². The van der Waals surface area contributed by atoms with Crippen LogP contribution in [0.15, 0.2) is 18.3 Å². The molecule has 4 heteroatoms. The van der Waals surface area contributed by atoms with Crippen molar-refractivity contribution in [3.8, 4) is 0 Å². The molecule has 4 nitrogen and oxygen atoms in total. The molecule has 26 heavy (non-hydrogen) atoms. The van der Waals surface area contributed by atoms with E-state index in [-0.39, 0.29) is 5.91 Å². The lowest BCUT2D eigenvalue weighted by molar-refractivity contribution is 0.0629. The van der Waals surface area contributed by atoms with E-state index in [1.165, 1.54) is 71.0 Å². The summed E-state index contributed by atoms with van der Waals surface area (Å²) < 4.78 is 0. The van der Waals surface area contributed by atoms with Gasteiger partial charge in [-0.1, -0.05) is 19.3 Å². The molecule has 2 saturated heterocycles. The molecule has 0 N–H and O–H groups in total. The van der Waals surface area contributed by atoms with E-state index in [1.807, 2.05) is 19.1 Å². The second-order valence-corrected chi connectivity index (χ2v) is 8.96. The molecule has 2 aliphatic heterocycles. The van der Waals surface area contributed by atoms with Crippen LogP contribution in [0.2, 0.25) is 0 Å². The van der Waals surface area contributed by atoms with Crippen LogP contribution in [-0.4, -0.2) is 53.4 Å². The summed E-state index contributed by atoms with van der Waals surface area (Å²) in [5.41, 5.74) is 1.96. The van der Waals surface area contributed by atoms with Crippen molar-refractivity contribution in [1.29, 1.82) is 0 Å². The third kappa shape index (κ3) is 3.80. The lowest BCUT2D eigenvalue weighted by Crippen LogP contribution is -2.47. The monoisotopic (exact) mass is 355 g/mol. The summed E-state index contributed by atoms with van der Waals surface area (Å²) in [6, 6.07) is 3.80. The number of likely N-dealkylation sites (tertiary alicyclic amines) is 2. The molecular weight excluding hydrogens is 322 g/mol. The summed E-state index contributed by atoms with van der Waals surface area (Å²) in [4.78, 5) is 22.1. The largest absolute Gasteiger partial charge is 0.338 e. The number of hydrogen-bond donors (Lipinski definition) is 0. The molecule has 1 atom stereocenters. The summed E-state index contributed by atoms with van der Waals surface area (Å²) in [7, 11) is 0. The van der Waals surface area contributed by atoms with Gasteiger partial charge >= 0.3 is 0 Å². The predicted molar refractivity (Wildman–Crippen MR) is 104 cm³/mol. The van der Waals surface area contributed by atoms with Crippen LogP contribution in [0.3, 0.4) is 0 Å². The number of carbonyl (C=O) groups is 1. The van der Waals surface area contributed by atoms with Crippen molar-refractivity contribution in [2.45, 2.75) is 58.3 Å². The van der Waals surface area contributed by atoms with Crippen molar-refractivity contribution in [2.24, 2.45) is 11.3 Å². The molecule has 3 heterocycles. The number of piperidine rings is 1. The number of aromatic nitrogens is 1. The number of aryl methyl sites for hydroxylation is 1. The van der Waals surface area contributed by atoms with E-state index in [0.717, 1.165) is 30.3 Å². The average Bonchev–Trinajstić information content (AvgIpc) is 3.06. The molecule has 4 rings (SSSR count). The Morgan fingerprint density at radius 3 is 2.81 bits per heavy atom. The second kappa shape index (κ2) is 7.67. The smallest absolute Gasteiger partial charge is 0.255 e. The van der Waals surface area contributed by atoms with Crippen molar-refractivity contribution in [3.63, 3.8) is 0 Å². The summed E-state index contributed by atoms with van der Waals surface area (Å²) in [6.07, 6.45) is 12.6. The number of pyridine rings is 1. The summed E-state index contributed by atoms with van der Waals surface area (Å²) in [5, 5.41) is 0. The van der Waals surface area contributed by atoms with Gasteiger partial charge in [-0.3, -0.25) is 9.78 Å². The molecule has 3 fully saturated rings. The molecule has 1 spiro atoms. The summed E-state index contributed by atoms with van der Waals surface area (Å²) in [5.74, 6) is 1.09. The van der Waals surface area contributed by atoms with Crippen LogP contribution < -0.4 is 0 Å². The van der Waals surface area contributed by atoms with E-state index >= 15 is 0 Å². The zero-order chi connectivity index (χ0) is 18.0. The Balaban J connectivity index is 1.38. The molecule has 0 unspecified atom stereocenters. The van der Waals surface area contributed by atoms with Gasteiger partial charge in [-0.05, 0) is 63.6 Å². The van der Waals surface area contributed by atoms with Gasteiger partial charge in [0, 0.05) is 43.5 Å². The van der Waals surface area contributed by atoms with Crippen molar-refractivity contribution < 1.29 is 4.79 Å². The Labute approximate surface area is 158 Å². The molecule has 1 aliphatic carbocycles. The first-order valence-corrected chi connectivity index (χ1v) is 10.6. The van der Waals surface area contributed by atoms with Crippen LogP contribution >= 0.6 is 0 Å². The number of carbonyl (C=O) groups excluding carboxylic acids is 1. The van der Waals surface area contributed by atoms with Crippen LogP contribution in [0.25, 0.3) is 0 Å². The lowest BCUT2D eigenvalue weighted by Gasteiger charge is -2.42. The maximum atomic E-state index is 13.0. The van der Waals surface area contributed by atoms with Gasteiger partial charge in [-0.15, -0.1) is 0 Å². The molecular formula is C22H33N3O. The van der Waals surface area contributed by atoms with E-state index in [1.54, 1.807) is 6.20 Å². The second-order valence-electron chi connectivity index (χ2n) is 8.96. The van der Waals surface area contributed by atoms with E-state index in [9.17, 15) is 4.79 Å².